The van der Waals surface area contributed by atoms with Crippen LogP contribution in [0.3, 0.4) is 0 Å². The number of ether oxygens (including phenoxy) is 4. The zero-order valence-corrected chi connectivity index (χ0v) is 23.1. The molecule has 0 saturated carbocycles. The van der Waals surface area contributed by atoms with Crippen LogP contribution in [0.2, 0.25) is 0 Å². The van der Waals surface area contributed by atoms with Crippen molar-refractivity contribution in [1.29, 1.82) is 0 Å². The second-order valence-corrected chi connectivity index (χ2v) is 12.0. The number of nitrogens with two attached hydrogens (primary N) is 1. The van der Waals surface area contributed by atoms with E-state index in [2.05, 4.69) is 32.0 Å². The molecule has 0 spiro atoms. The van der Waals surface area contributed by atoms with Gasteiger partial charge in [0.1, 0.15) is 30.1 Å². The Morgan fingerprint density at radius 2 is 1.97 bits per heavy atom. The summed E-state index contributed by atoms with van der Waals surface area (Å²) in [4.78, 5) is 27.8. The molecule has 0 aliphatic carbocycles. The predicted molar refractivity (Wildman–Crippen MR) is 146 cm³/mol. The number of aromatic nitrogens is 4. The maximum absolute atomic E-state index is 12.7. The van der Waals surface area contributed by atoms with E-state index in [-0.39, 0.29) is 30.3 Å². The largest absolute Gasteiger partial charge is 0.468 e. The Bertz CT molecular complexity index is 1320. The number of fused-ring (bicyclic) bond motifs is 2. The first-order valence-electron chi connectivity index (χ1n) is 13.2. The van der Waals surface area contributed by atoms with Gasteiger partial charge in [0.2, 0.25) is 0 Å². The highest BCUT2D eigenvalue weighted by molar-refractivity contribution is 7.99. The molecule has 0 amide bonds. The molecule has 5 heterocycles. The van der Waals surface area contributed by atoms with Crippen molar-refractivity contribution in [2.24, 2.45) is 0 Å². The van der Waals surface area contributed by atoms with Crippen LogP contribution in [0, 0.1) is 0 Å². The molecule has 3 aliphatic heterocycles. The summed E-state index contributed by atoms with van der Waals surface area (Å²) in [6.45, 7) is 5.38. The third kappa shape index (κ3) is 5.23. The number of benzene rings is 1. The van der Waals surface area contributed by atoms with Crippen LogP contribution in [-0.4, -0.2) is 85.2 Å². The average molecular weight is 555 g/mol. The summed E-state index contributed by atoms with van der Waals surface area (Å²) < 4.78 is 26.2. The van der Waals surface area contributed by atoms with Crippen LogP contribution in [0.4, 0.5) is 5.82 Å². The number of nitrogens with zero attached hydrogens (tertiary/aromatic N) is 5. The van der Waals surface area contributed by atoms with Crippen LogP contribution in [0.25, 0.3) is 11.2 Å². The Hall–Kier alpha value is -2.77. The first-order chi connectivity index (χ1) is 18.8. The molecule has 39 heavy (non-hydrogen) atoms. The fourth-order valence-electron chi connectivity index (χ4n) is 5.83. The van der Waals surface area contributed by atoms with E-state index < -0.39 is 12.0 Å². The highest BCUT2D eigenvalue weighted by atomic mass is 32.2. The number of nitrogen functional groups attached to an aromatic ring is 1. The summed E-state index contributed by atoms with van der Waals surface area (Å²) in [6, 6.07) is 9.96. The third-order valence-electron chi connectivity index (χ3n) is 7.65. The van der Waals surface area contributed by atoms with Gasteiger partial charge in [-0.1, -0.05) is 30.3 Å². The molecule has 3 aromatic rings. The van der Waals surface area contributed by atoms with Crippen LogP contribution in [-0.2, 0) is 30.3 Å². The molecule has 3 aliphatic rings. The zero-order valence-electron chi connectivity index (χ0n) is 22.3. The van der Waals surface area contributed by atoms with Gasteiger partial charge in [-0.3, -0.25) is 14.3 Å². The summed E-state index contributed by atoms with van der Waals surface area (Å²) in [5, 5.41) is 0.291. The van der Waals surface area contributed by atoms with E-state index in [0.29, 0.717) is 28.0 Å². The molecule has 2 N–H and O–H groups in total. The van der Waals surface area contributed by atoms with Crippen LogP contribution < -0.4 is 5.73 Å². The molecule has 3 saturated heterocycles. The predicted octanol–water partition coefficient (Wildman–Crippen LogP) is 2.77. The number of carbonyl (C=O) groups excluding carboxylic acids is 1. The van der Waals surface area contributed by atoms with E-state index in [1.165, 1.54) is 19.0 Å². The van der Waals surface area contributed by atoms with E-state index in [4.69, 9.17) is 24.7 Å². The van der Waals surface area contributed by atoms with Gasteiger partial charge >= 0.3 is 5.97 Å². The summed E-state index contributed by atoms with van der Waals surface area (Å²) in [5.74, 6) is 0.112. The molecular formula is C27H34N6O5S. The number of anilines is 1. The fraction of sp³-hybridized carbons (Fsp3) is 0.556. The molecule has 2 aromatic heterocycles. The van der Waals surface area contributed by atoms with Gasteiger partial charge in [-0.25, -0.2) is 15.0 Å². The molecule has 0 radical (unpaired) electrons. The van der Waals surface area contributed by atoms with Crippen LogP contribution in [0.15, 0.2) is 43.0 Å². The van der Waals surface area contributed by atoms with Crippen molar-refractivity contribution in [2.75, 3.05) is 25.1 Å². The summed E-state index contributed by atoms with van der Waals surface area (Å²) in [6.07, 6.45) is 3.55. The number of imidazole rings is 1. The Kier molecular flexibility index (Phi) is 7.23. The van der Waals surface area contributed by atoms with Crippen molar-refractivity contribution in [3.63, 3.8) is 0 Å². The minimum Gasteiger partial charge on any atom is -0.468 e. The average Bonchev–Trinajstić information content (AvgIpc) is 3.59. The third-order valence-corrected chi connectivity index (χ3v) is 9.07. The molecule has 0 bridgehead atoms. The standard InChI is InChI=1S/C27H34N6O5S/c1-27(2)37-21-19(36-25(22(21)38-27)33-15-31-20-23(28)29-14-30-24(20)33)13-39-17-9-10-32(18(11-17)26(34)35-3)12-16-7-5-4-6-8-16/h4-8,14-15,17-19,21-22,25H,9-13H2,1-3H3,(H2,28,29,30)/t17-,18-,19-,21-,22-,25-/m1/s1. The second-order valence-electron chi connectivity index (χ2n) is 10.7. The lowest BCUT2D eigenvalue weighted by Crippen LogP contribution is -2.48. The number of rotatable bonds is 7. The van der Waals surface area contributed by atoms with Crippen molar-refractivity contribution < 1.29 is 23.7 Å². The molecule has 3 fully saturated rings. The normalized spacial score (nSPS) is 30.4. The molecular weight excluding hydrogens is 520 g/mol. The summed E-state index contributed by atoms with van der Waals surface area (Å²) in [5.41, 5.74) is 8.33. The minimum absolute atomic E-state index is 0.184. The lowest BCUT2D eigenvalue weighted by molar-refractivity contribution is -0.193. The first-order valence-corrected chi connectivity index (χ1v) is 14.3. The Morgan fingerprint density at radius 3 is 2.77 bits per heavy atom. The minimum atomic E-state index is -0.733. The number of carbonyl (C=O) groups is 1. The van der Waals surface area contributed by atoms with E-state index in [1.807, 2.05) is 48.4 Å². The summed E-state index contributed by atoms with van der Waals surface area (Å²) in [7, 11) is 1.46. The molecule has 208 valence electrons. The van der Waals surface area contributed by atoms with E-state index in [0.717, 1.165) is 25.9 Å². The van der Waals surface area contributed by atoms with Crippen molar-refractivity contribution in [2.45, 2.75) is 74.9 Å². The quantitative estimate of drug-likeness (QED) is 0.433. The molecule has 12 heteroatoms. The van der Waals surface area contributed by atoms with Crippen molar-refractivity contribution in [1.82, 2.24) is 24.4 Å². The Morgan fingerprint density at radius 1 is 1.18 bits per heavy atom. The molecule has 0 unspecified atom stereocenters. The van der Waals surface area contributed by atoms with Gasteiger partial charge in [-0.15, -0.1) is 0 Å². The smallest absolute Gasteiger partial charge is 0.323 e. The number of likely N-dealkylation sites (tertiary alicyclic amines) is 1. The van der Waals surface area contributed by atoms with Crippen molar-refractivity contribution >= 4 is 34.7 Å². The zero-order chi connectivity index (χ0) is 27.1. The highest BCUT2D eigenvalue weighted by Crippen LogP contribution is 2.45. The number of hydrogen-bond acceptors (Lipinski definition) is 11. The van der Waals surface area contributed by atoms with Gasteiger partial charge in [0.05, 0.1) is 19.5 Å². The van der Waals surface area contributed by atoms with E-state index in [1.54, 1.807) is 6.33 Å². The monoisotopic (exact) mass is 554 g/mol. The maximum atomic E-state index is 12.7. The summed E-state index contributed by atoms with van der Waals surface area (Å²) >= 11 is 1.82. The van der Waals surface area contributed by atoms with E-state index in [9.17, 15) is 4.79 Å². The van der Waals surface area contributed by atoms with Crippen LogP contribution >= 0.6 is 11.8 Å². The first kappa shape index (κ1) is 26.5. The van der Waals surface area contributed by atoms with Gasteiger partial charge in [0.15, 0.2) is 23.5 Å². The lowest BCUT2D eigenvalue weighted by atomic mass is 10.0. The number of piperidine rings is 1. The van der Waals surface area contributed by atoms with Crippen LogP contribution in [0.5, 0.6) is 0 Å². The van der Waals surface area contributed by atoms with Gasteiger partial charge < -0.3 is 24.7 Å². The van der Waals surface area contributed by atoms with Crippen LogP contribution in [0.1, 0.15) is 38.5 Å². The SMILES string of the molecule is COC(=O)[C@H]1C[C@H](SC[C@H]2O[C@@H](n3cnc4c(N)ncnc43)[C@@H]3OC(C)(C)O[C@@H]32)CCN1Cc1ccccc1. The van der Waals surface area contributed by atoms with Gasteiger partial charge in [-0.05, 0) is 32.3 Å². The number of methoxy groups -OCH3 is 1. The lowest BCUT2D eigenvalue weighted by Gasteiger charge is -2.38. The van der Waals surface area contributed by atoms with Gasteiger partial charge in [-0.2, -0.15) is 11.8 Å². The van der Waals surface area contributed by atoms with Gasteiger partial charge in [0, 0.05) is 24.1 Å². The van der Waals surface area contributed by atoms with E-state index >= 15 is 0 Å². The van der Waals surface area contributed by atoms with Crippen molar-refractivity contribution in [3.05, 3.63) is 48.5 Å². The molecule has 1 aromatic carbocycles. The number of thioether (sulfide) groups is 1. The maximum Gasteiger partial charge on any atom is 0.323 e. The number of hydrogen-bond donors (Lipinski definition) is 1. The fourth-order valence-corrected chi connectivity index (χ4v) is 7.15. The molecule has 11 nitrogen and oxygen atoms in total. The second kappa shape index (κ2) is 10.7. The topological polar surface area (TPSA) is 127 Å². The Balaban J connectivity index is 1.15. The molecule has 6 rings (SSSR count). The molecule has 6 atom stereocenters. The van der Waals surface area contributed by atoms with Crippen molar-refractivity contribution in [3.8, 4) is 0 Å². The Labute approximate surface area is 231 Å². The highest BCUT2D eigenvalue weighted by Gasteiger charge is 2.56. The number of esters is 1. The van der Waals surface area contributed by atoms with Gasteiger partial charge in [0.25, 0.3) is 0 Å².